The van der Waals surface area contributed by atoms with Crippen LogP contribution in [0.3, 0.4) is 0 Å². The minimum atomic E-state index is -0.383. The Kier molecular flexibility index (Phi) is 13.4. The number of nitriles is 1. The number of amides is 1. The molecule has 2 aromatic heterocycles. The van der Waals surface area contributed by atoms with Gasteiger partial charge in [0.05, 0.1) is 17.2 Å². The summed E-state index contributed by atoms with van der Waals surface area (Å²) in [6.45, 7) is 8.62. The SMILES string of the molecule is CC(NC(=O)c1cc(C#N)cnc1NCc1ccc(-c2ccc(CN)[nH]2)cc1)c1ccc(F)cc1.CC=N.CCC. The average molecular weight is 556 g/mol. The van der Waals surface area contributed by atoms with E-state index in [0.717, 1.165) is 28.1 Å². The van der Waals surface area contributed by atoms with Crippen LogP contribution >= 0.6 is 0 Å². The van der Waals surface area contributed by atoms with Crippen molar-refractivity contribution >= 4 is 17.9 Å². The van der Waals surface area contributed by atoms with Gasteiger partial charge in [-0.05, 0) is 67.1 Å². The molecule has 0 radical (unpaired) electrons. The molecular formula is C32H38FN7O. The maximum Gasteiger partial charge on any atom is 0.255 e. The Balaban J connectivity index is 0.000000901. The Morgan fingerprint density at radius 2 is 1.78 bits per heavy atom. The number of aromatic nitrogens is 2. The summed E-state index contributed by atoms with van der Waals surface area (Å²) in [7, 11) is 0. The van der Waals surface area contributed by atoms with E-state index in [1.807, 2.05) is 49.4 Å². The molecule has 0 aliphatic rings. The van der Waals surface area contributed by atoms with E-state index < -0.39 is 0 Å². The normalized spacial score (nSPS) is 10.6. The number of carbonyl (C=O) groups excluding carboxylic acids is 1. The zero-order valence-corrected chi connectivity index (χ0v) is 24.0. The number of pyridine rings is 1. The molecule has 1 atom stereocenters. The third-order valence-corrected chi connectivity index (χ3v) is 5.67. The Bertz CT molecular complexity index is 1420. The lowest BCUT2D eigenvalue weighted by Crippen LogP contribution is -2.28. The van der Waals surface area contributed by atoms with Crippen LogP contribution in [0.15, 0.2) is 72.9 Å². The molecule has 0 bridgehead atoms. The van der Waals surface area contributed by atoms with E-state index in [1.165, 1.54) is 37.0 Å². The third-order valence-electron chi connectivity index (χ3n) is 5.67. The zero-order chi connectivity index (χ0) is 30.2. The van der Waals surface area contributed by atoms with E-state index in [9.17, 15) is 14.4 Å². The summed E-state index contributed by atoms with van der Waals surface area (Å²) in [6.07, 6.45) is 3.92. The van der Waals surface area contributed by atoms with E-state index in [0.29, 0.717) is 18.9 Å². The number of H-pyrrole nitrogens is 1. The molecule has 2 aromatic carbocycles. The number of benzene rings is 2. The number of nitrogens with one attached hydrogen (secondary N) is 4. The summed E-state index contributed by atoms with van der Waals surface area (Å²) in [5, 5.41) is 21.5. The molecule has 8 nitrogen and oxygen atoms in total. The highest BCUT2D eigenvalue weighted by Gasteiger charge is 2.17. The van der Waals surface area contributed by atoms with Gasteiger partial charge >= 0.3 is 0 Å². The monoisotopic (exact) mass is 555 g/mol. The average Bonchev–Trinajstić information content (AvgIpc) is 3.47. The number of carbonyl (C=O) groups is 1. The molecule has 0 spiro atoms. The first kappa shape index (κ1) is 32.4. The van der Waals surface area contributed by atoms with Crippen molar-refractivity contribution in [3.05, 3.63) is 107 Å². The van der Waals surface area contributed by atoms with Crippen LogP contribution in [0.2, 0.25) is 0 Å². The summed E-state index contributed by atoms with van der Waals surface area (Å²) in [6, 6.07) is 21.1. The van der Waals surface area contributed by atoms with Crippen molar-refractivity contribution in [2.45, 2.75) is 53.2 Å². The fourth-order valence-electron chi connectivity index (χ4n) is 3.66. The van der Waals surface area contributed by atoms with Crippen LogP contribution in [0.1, 0.15) is 72.9 Å². The summed E-state index contributed by atoms with van der Waals surface area (Å²) in [4.78, 5) is 20.6. The minimum absolute atomic E-state index is 0.260. The number of halogens is 1. The van der Waals surface area contributed by atoms with Gasteiger partial charge in [-0.2, -0.15) is 5.26 Å². The van der Waals surface area contributed by atoms with Crippen molar-refractivity contribution in [2.24, 2.45) is 5.73 Å². The maximum absolute atomic E-state index is 13.2. The van der Waals surface area contributed by atoms with Crippen LogP contribution in [0.25, 0.3) is 11.3 Å². The van der Waals surface area contributed by atoms with Crippen molar-refractivity contribution in [2.75, 3.05) is 5.32 Å². The smallest absolute Gasteiger partial charge is 0.255 e. The summed E-state index contributed by atoms with van der Waals surface area (Å²) >= 11 is 0. The first-order valence-electron chi connectivity index (χ1n) is 13.4. The van der Waals surface area contributed by atoms with Crippen molar-refractivity contribution < 1.29 is 9.18 Å². The molecule has 1 amide bonds. The molecule has 0 saturated carbocycles. The Labute approximate surface area is 241 Å². The molecular weight excluding hydrogens is 517 g/mol. The maximum atomic E-state index is 13.2. The van der Waals surface area contributed by atoms with Gasteiger partial charge in [-0.25, -0.2) is 9.37 Å². The lowest BCUT2D eigenvalue weighted by Gasteiger charge is -2.16. The van der Waals surface area contributed by atoms with Crippen LogP contribution in [-0.4, -0.2) is 22.1 Å². The predicted octanol–water partition coefficient (Wildman–Crippen LogP) is 6.72. The quantitative estimate of drug-likeness (QED) is 0.153. The fourth-order valence-corrected chi connectivity index (χ4v) is 3.66. The van der Waals surface area contributed by atoms with Gasteiger partial charge in [0.15, 0.2) is 0 Å². The van der Waals surface area contributed by atoms with Crippen LogP contribution < -0.4 is 16.4 Å². The molecule has 0 fully saturated rings. The van der Waals surface area contributed by atoms with E-state index in [4.69, 9.17) is 11.1 Å². The number of rotatable bonds is 8. The summed E-state index contributed by atoms with van der Waals surface area (Å²) in [5.41, 5.74) is 11.0. The molecule has 0 aliphatic carbocycles. The first-order valence-corrected chi connectivity index (χ1v) is 13.4. The van der Waals surface area contributed by atoms with Crippen molar-refractivity contribution in [3.63, 3.8) is 0 Å². The van der Waals surface area contributed by atoms with Crippen molar-refractivity contribution in [1.82, 2.24) is 15.3 Å². The van der Waals surface area contributed by atoms with Gasteiger partial charge in [-0.1, -0.05) is 56.7 Å². The highest BCUT2D eigenvalue weighted by molar-refractivity contribution is 5.99. The summed E-state index contributed by atoms with van der Waals surface area (Å²) in [5.74, 6) is -0.355. The van der Waals surface area contributed by atoms with Crippen LogP contribution in [0.5, 0.6) is 0 Å². The van der Waals surface area contributed by atoms with E-state index in [2.05, 4.69) is 34.4 Å². The van der Waals surface area contributed by atoms with Gasteiger partial charge in [-0.15, -0.1) is 0 Å². The molecule has 214 valence electrons. The van der Waals surface area contributed by atoms with Crippen LogP contribution in [-0.2, 0) is 13.1 Å². The van der Waals surface area contributed by atoms with Crippen LogP contribution in [0, 0.1) is 22.6 Å². The highest BCUT2D eigenvalue weighted by atomic mass is 19.1. The standard InChI is InChI=1S/C27H25FN6O.C3H8.C2H5N/c1-17(20-6-8-22(28)9-7-20)33-27(35)24-12-19(13-29)16-32-26(24)31-15-18-2-4-21(5-3-18)25-11-10-23(14-30)34-25;1-3-2;1-2-3/h2-12,16-17,34H,14-15,30H2,1H3,(H,31,32)(H,33,35);3H2,1-2H3;2-3H,1H3. The van der Waals surface area contributed by atoms with Gasteiger partial charge in [0.2, 0.25) is 0 Å². The molecule has 41 heavy (non-hydrogen) atoms. The van der Waals surface area contributed by atoms with Gasteiger partial charge in [0.25, 0.3) is 5.91 Å². The lowest BCUT2D eigenvalue weighted by atomic mass is 10.1. The number of nitrogens with zero attached hydrogens (tertiary/aromatic N) is 2. The van der Waals surface area contributed by atoms with Gasteiger partial charge < -0.3 is 26.8 Å². The van der Waals surface area contributed by atoms with Gasteiger partial charge in [-0.3, -0.25) is 4.79 Å². The van der Waals surface area contributed by atoms with Crippen molar-refractivity contribution in [3.8, 4) is 17.3 Å². The molecule has 9 heteroatoms. The van der Waals surface area contributed by atoms with Gasteiger partial charge in [0, 0.05) is 30.7 Å². The molecule has 4 rings (SSSR count). The zero-order valence-electron chi connectivity index (χ0n) is 24.0. The Morgan fingerprint density at radius 3 is 2.34 bits per heavy atom. The van der Waals surface area contributed by atoms with Crippen LogP contribution in [0.4, 0.5) is 10.2 Å². The lowest BCUT2D eigenvalue weighted by molar-refractivity contribution is 0.0940. The number of nitrogens with two attached hydrogens (primary N) is 1. The van der Waals surface area contributed by atoms with E-state index in [1.54, 1.807) is 19.1 Å². The molecule has 2 heterocycles. The topological polar surface area (TPSA) is 143 Å². The fraction of sp³-hybridized carbons (Fsp3) is 0.250. The number of hydrogen-bond donors (Lipinski definition) is 5. The molecule has 1 unspecified atom stereocenters. The second kappa shape index (κ2) is 17.0. The minimum Gasteiger partial charge on any atom is -0.365 e. The second-order valence-corrected chi connectivity index (χ2v) is 9.13. The molecule has 4 aromatic rings. The first-order chi connectivity index (χ1) is 19.8. The number of anilines is 1. The number of aromatic amines is 1. The second-order valence-electron chi connectivity index (χ2n) is 9.13. The van der Waals surface area contributed by atoms with E-state index in [-0.39, 0.29) is 28.9 Å². The van der Waals surface area contributed by atoms with Gasteiger partial charge in [0.1, 0.15) is 17.7 Å². The summed E-state index contributed by atoms with van der Waals surface area (Å²) < 4.78 is 13.2. The molecule has 0 aliphatic heterocycles. The third kappa shape index (κ3) is 10.0. The largest absolute Gasteiger partial charge is 0.365 e. The van der Waals surface area contributed by atoms with Crippen molar-refractivity contribution in [1.29, 1.82) is 10.7 Å². The molecule has 6 N–H and O–H groups in total. The van der Waals surface area contributed by atoms with E-state index >= 15 is 0 Å². The predicted molar refractivity (Wildman–Crippen MR) is 163 cm³/mol. The Hall–Kier alpha value is -4.81. The molecule has 0 saturated heterocycles. The number of hydrogen-bond acceptors (Lipinski definition) is 6. The Morgan fingerprint density at radius 1 is 1.15 bits per heavy atom. The highest BCUT2D eigenvalue weighted by Crippen LogP contribution is 2.21.